The fourth-order valence-electron chi connectivity index (χ4n) is 3.84. The molecule has 4 nitrogen and oxygen atoms in total. The number of hydrogen-bond donors (Lipinski definition) is 0. The number of aryl methyl sites for hydroxylation is 1. The van der Waals surface area contributed by atoms with E-state index in [2.05, 4.69) is 34.7 Å². The molecule has 142 valence electrons. The molecule has 3 aromatic rings. The number of piperidine rings is 1. The Morgan fingerprint density at radius 1 is 1.07 bits per heavy atom. The fraction of sp³-hybridized carbons (Fsp3) is 0.409. The van der Waals surface area contributed by atoms with Gasteiger partial charge in [-0.1, -0.05) is 12.1 Å². The van der Waals surface area contributed by atoms with E-state index in [1.54, 1.807) is 12.1 Å². The minimum atomic E-state index is -0.227. The third-order valence-corrected chi connectivity index (χ3v) is 5.56. The summed E-state index contributed by atoms with van der Waals surface area (Å²) in [5, 5.41) is 0. The Labute approximate surface area is 159 Å². The molecule has 1 aliphatic heterocycles. The first-order valence-corrected chi connectivity index (χ1v) is 9.70. The molecule has 0 spiro atoms. The van der Waals surface area contributed by atoms with Gasteiger partial charge >= 0.3 is 0 Å². The summed E-state index contributed by atoms with van der Waals surface area (Å²) in [6.45, 7) is 3.81. The van der Waals surface area contributed by atoms with Crippen molar-refractivity contribution in [3.63, 3.8) is 0 Å². The van der Waals surface area contributed by atoms with E-state index < -0.39 is 0 Å². The second kappa shape index (κ2) is 8.09. The molecule has 1 aliphatic rings. The maximum atomic E-state index is 12.9. The Kier molecular flexibility index (Phi) is 5.39. The molecule has 0 radical (unpaired) electrons. The van der Waals surface area contributed by atoms with Crippen molar-refractivity contribution < 1.29 is 9.13 Å². The highest BCUT2D eigenvalue weighted by Gasteiger charge is 2.21. The number of nitrogens with zero attached hydrogens (tertiary/aromatic N) is 3. The average Bonchev–Trinajstić information content (AvgIpc) is 3.01. The van der Waals surface area contributed by atoms with Crippen LogP contribution in [-0.4, -0.2) is 34.1 Å². The van der Waals surface area contributed by atoms with E-state index in [1.807, 2.05) is 6.07 Å². The predicted octanol–water partition coefficient (Wildman–Crippen LogP) is 4.39. The SMILES string of the molecule is Cn1c(CN2CCC(CCOc3ccc(F)cc3)CC2)nc2ccccc21. The minimum Gasteiger partial charge on any atom is -0.494 e. The Morgan fingerprint density at radius 2 is 1.81 bits per heavy atom. The smallest absolute Gasteiger partial charge is 0.123 e. The quantitative estimate of drug-likeness (QED) is 0.647. The van der Waals surface area contributed by atoms with Gasteiger partial charge in [0.2, 0.25) is 0 Å². The van der Waals surface area contributed by atoms with Crippen LogP contribution in [0.5, 0.6) is 5.75 Å². The zero-order valence-electron chi connectivity index (χ0n) is 15.8. The van der Waals surface area contributed by atoms with Crippen LogP contribution in [0.25, 0.3) is 11.0 Å². The number of ether oxygens (including phenoxy) is 1. The van der Waals surface area contributed by atoms with E-state index >= 15 is 0 Å². The number of likely N-dealkylation sites (tertiary alicyclic amines) is 1. The van der Waals surface area contributed by atoms with Crippen molar-refractivity contribution in [2.45, 2.75) is 25.8 Å². The van der Waals surface area contributed by atoms with Gasteiger partial charge in [0.25, 0.3) is 0 Å². The van der Waals surface area contributed by atoms with Gasteiger partial charge in [0, 0.05) is 7.05 Å². The van der Waals surface area contributed by atoms with Crippen LogP contribution < -0.4 is 4.74 Å². The normalized spacial score (nSPS) is 16.1. The number of rotatable bonds is 6. The van der Waals surface area contributed by atoms with Crippen molar-refractivity contribution in [3.8, 4) is 5.75 Å². The fourth-order valence-corrected chi connectivity index (χ4v) is 3.84. The molecule has 0 amide bonds. The Morgan fingerprint density at radius 3 is 2.56 bits per heavy atom. The summed E-state index contributed by atoms with van der Waals surface area (Å²) in [6, 6.07) is 14.6. The van der Waals surface area contributed by atoms with Crippen molar-refractivity contribution in [1.82, 2.24) is 14.5 Å². The summed E-state index contributed by atoms with van der Waals surface area (Å²) in [5.41, 5.74) is 2.27. The lowest BCUT2D eigenvalue weighted by atomic mass is 9.94. The van der Waals surface area contributed by atoms with E-state index in [-0.39, 0.29) is 5.82 Å². The molecule has 4 rings (SSSR count). The van der Waals surface area contributed by atoms with Gasteiger partial charge < -0.3 is 9.30 Å². The number of para-hydroxylation sites is 2. The first kappa shape index (κ1) is 18.0. The molecule has 1 aromatic heterocycles. The summed E-state index contributed by atoms with van der Waals surface area (Å²) in [6.07, 6.45) is 3.44. The standard InChI is InChI=1S/C22H26FN3O/c1-25-21-5-3-2-4-20(21)24-22(25)16-26-13-10-17(11-14-26)12-15-27-19-8-6-18(23)7-9-19/h2-9,17H,10-16H2,1H3. The molecular formula is C22H26FN3O. The lowest BCUT2D eigenvalue weighted by Crippen LogP contribution is -2.34. The number of hydrogen-bond acceptors (Lipinski definition) is 3. The Balaban J connectivity index is 1.24. The van der Waals surface area contributed by atoms with Crippen LogP contribution in [0.3, 0.4) is 0 Å². The molecule has 0 aliphatic carbocycles. The topological polar surface area (TPSA) is 30.3 Å². The highest BCUT2D eigenvalue weighted by molar-refractivity contribution is 5.75. The van der Waals surface area contributed by atoms with Crippen molar-refractivity contribution in [2.24, 2.45) is 13.0 Å². The molecule has 0 unspecified atom stereocenters. The number of imidazole rings is 1. The minimum absolute atomic E-state index is 0.227. The van der Waals surface area contributed by atoms with Crippen LogP contribution in [0.1, 0.15) is 25.1 Å². The zero-order valence-corrected chi connectivity index (χ0v) is 15.8. The third kappa shape index (κ3) is 4.30. The second-order valence-electron chi connectivity index (χ2n) is 7.39. The van der Waals surface area contributed by atoms with Crippen LogP contribution in [0.4, 0.5) is 4.39 Å². The van der Waals surface area contributed by atoms with Crippen molar-refractivity contribution in [2.75, 3.05) is 19.7 Å². The summed E-state index contributed by atoms with van der Waals surface area (Å²) < 4.78 is 20.9. The molecule has 2 aromatic carbocycles. The molecule has 2 heterocycles. The summed E-state index contributed by atoms with van der Waals surface area (Å²) in [7, 11) is 2.10. The molecule has 1 fully saturated rings. The second-order valence-corrected chi connectivity index (χ2v) is 7.39. The Bertz CT molecular complexity index is 882. The summed E-state index contributed by atoms with van der Waals surface area (Å²) in [5.74, 6) is 2.35. The number of benzene rings is 2. The van der Waals surface area contributed by atoms with E-state index in [0.717, 1.165) is 43.1 Å². The zero-order chi connectivity index (χ0) is 18.6. The highest BCUT2D eigenvalue weighted by atomic mass is 19.1. The lowest BCUT2D eigenvalue weighted by Gasteiger charge is -2.31. The molecule has 5 heteroatoms. The maximum absolute atomic E-state index is 12.9. The highest BCUT2D eigenvalue weighted by Crippen LogP contribution is 2.23. The first-order valence-electron chi connectivity index (χ1n) is 9.70. The molecule has 0 saturated carbocycles. The molecule has 0 atom stereocenters. The van der Waals surface area contributed by atoms with Gasteiger partial charge in [-0.05, 0) is 74.7 Å². The average molecular weight is 367 g/mol. The van der Waals surface area contributed by atoms with E-state index in [1.165, 1.54) is 30.5 Å². The number of halogens is 1. The van der Waals surface area contributed by atoms with E-state index in [9.17, 15) is 4.39 Å². The van der Waals surface area contributed by atoms with Gasteiger partial charge in [0.05, 0.1) is 24.2 Å². The largest absolute Gasteiger partial charge is 0.494 e. The van der Waals surface area contributed by atoms with Crippen molar-refractivity contribution in [3.05, 3.63) is 60.2 Å². The number of fused-ring (bicyclic) bond motifs is 1. The van der Waals surface area contributed by atoms with Crippen molar-refractivity contribution in [1.29, 1.82) is 0 Å². The predicted molar refractivity (Wildman–Crippen MR) is 105 cm³/mol. The lowest BCUT2D eigenvalue weighted by molar-refractivity contribution is 0.154. The van der Waals surface area contributed by atoms with E-state index in [0.29, 0.717) is 12.5 Å². The first-order chi connectivity index (χ1) is 13.2. The van der Waals surface area contributed by atoms with Gasteiger partial charge in [0.1, 0.15) is 17.4 Å². The summed E-state index contributed by atoms with van der Waals surface area (Å²) >= 11 is 0. The van der Waals surface area contributed by atoms with Crippen molar-refractivity contribution >= 4 is 11.0 Å². The van der Waals surface area contributed by atoms with Crippen LogP contribution in [0, 0.1) is 11.7 Å². The molecule has 0 bridgehead atoms. The third-order valence-electron chi connectivity index (χ3n) is 5.56. The Hall–Kier alpha value is -2.40. The van der Waals surface area contributed by atoms with E-state index in [4.69, 9.17) is 9.72 Å². The maximum Gasteiger partial charge on any atom is 0.123 e. The van der Waals surface area contributed by atoms with Gasteiger partial charge in [-0.25, -0.2) is 9.37 Å². The molecule has 1 saturated heterocycles. The van der Waals surface area contributed by atoms with Crippen LogP contribution >= 0.6 is 0 Å². The molecular weight excluding hydrogens is 341 g/mol. The van der Waals surface area contributed by atoms with Gasteiger partial charge in [0.15, 0.2) is 0 Å². The molecule has 0 N–H and O–H groups in total. The van der Waals surface area contributed by atoms with Crippen LogP contribution in [0.15, 0.2) is 48.5 Å². The number of aromatic nitrogens is 2. The monoisotopic (exact) mass is 367 g/mol. The van der Waals surface area contributed by atoms with Gasteiger partial charge in [-0.15, -0.1) is 0 Å². The van der Waals surface area contributed by atoms with Crippen LogP contribution in [-0.2, 0) is 13.6 Å². The van der Waals surface area contributed by atoms with Gasteiger partial charge in [-0.3, -0.25) is 4.90 Å². The molecule has 27 heavy (non-hydrogen) atoms. The summed E-state index contributed by atoms with van der Waals surface area (Å²) in [4.78, 5) is 7.29. The van der Waals surface area contributed by atoms with Gasteiger partial charge in [-0.2, -0.15) is 0 Å². The van der Waals surface area contributed by atoms with Crippen LogP contribution in [0.2, 0.25) is 0 Å².